The van der Waals surface area contributed by atoms with Crippen LogP contribution >= 0.6 is 0 Å². The third kappa shape index (κ3) is 3.57. The molecule has 6 heteroatoms. The summed E-state index contributed by atoms with van der Waals surface area (Å²) in [6.45, 7) is 2.58. The number of fused-ring (bicyclic) bond motifs is 1. The van der Waals surface area contributed by atoms with Crippen LogP contribution in [0.3, 0.4) is 0 Å². The maximum atomic E-state index is 13.0. The molecule has 0 radical (unpaired) electrons. The van der Waals surface area contributed by atoms with Crippen molar-refractivity contribution in [2.45, 2.75) is 45.2 Å². The Kier molecular flexibility index (Phi) is 5.16. The summed E-state index contributed by atoms with van der Waals surface area (Å²) in [4.78, 5) is 29.3. The normalized spacial score (nSPS) is 15.0. The predicted octanol–water partition coefficient (Wildman–Crippen LogP) is 2.47. The molecule has 3 heterocycles. The van der Waals surface area contributed by atoms with Crippen molar-refractivity contribution in [1.29, 1.82) is 0 Å². The minimum absolute atomic E-state index is 0.104. The number of ether oxygens (including phenoxy) is 1. The molecule has 1 aliphatic heterocycles. The van der Waals surface area contributed by atoms with Crippen LogP contribution in [-0.2, 0) is 13.0 Å². The van der Waals surface area contributed by atoms with Gasteiger partial charge in [0, 0.05) is 30.7 Å². The molecule has 1 aliphatic rings. The molecule has 0 aromatic carbocycles. The second-order valence-corrected chi connectivity index (χ2v) is 6.31. The molecule has 1 unspecified atom stereocenters. The number of amides is 1. The van der Waals surface area contributed by atoms with Crippen LogP contribution in [0.1, 0.15) is 53.8 Å². The molecule has 0 aliphatic carbocycles. The third-order valence-electron chi connectivity index (χ3n) is 4.68. The average Bonchev–Trinajstić information content (AvgIpc) is 2.88. The van der Waals surface area contributed by atoms with Crippen molar-refractivity contribution in [2.75, 3.05) is 7.11 Å². The number of aromatic nitrogens is 2. The number of carbonyl (C=O) groups is 1. The van der Waals surface area contributed by atoms with Gasteiger partial charge in [-0.25, -0.2) is 0 Å². The second-order valence-electron chi connectivity index (χ2n) is 6.31. The molecule has 0 spiro atoms. The first kappa shape index (κ1) is 17.2. The predicted molar refractivity (Wildman–Crippen MR) is 94.9 cm³/mol. The fourth-order valence-corrected chi connectivity index (χ4v) is 3.32. The van der Waals surface area contributed by atoms with Crippen molar-refractivity contribution in [1.82, 2.24) is 14.9 Å². The van der Waals surface area contributed by atoms with Gasteiger partial charge < -0.3 is 14.6 Å². The molecular formula is C19H23N3O3. The second kappa shape index (κ2) is 7.51. The van der Waals surface area contributed by atoms with Crippen molar-refractivity contribution >= 4 is 5.91 Å². The minimum Gasteiger partial charge on any atom is -0.496 e. The largest absolute Gasteiger partial charge is 0.496 e. The van der Waals surface area contributed by atoms with Crippen molar-refractivity contribution in [3.8, 4) is 5.75 Å². The molecule has 0 saturated heterocycles. The molecule has 2 aromatic rings. The highest BCUT2D eigenvalue weighted by atomic mass is 16.5. The first-order chi connectivity index (χ1) is 12.1. The Hall–Kier alpha value is -2.63. The highest BCUT2D eigenvalue weighted by Crippen LogP contribution is 2.25. The number of rotatable bonds is 4. The van der Waals surface area contributed by atoms with E-state index in [0.717, 1.165) is 30.5 Å². The molecule has 1 atom stereocenters. The lowest BCUT2D eigenvalue weighted by Gasteiger charge is -2.20. The van der Waals surface area contributed by atoms with Gasteiger partial charge in [0.2, 0.25) is 0 Å². The van der Waals surface area contributed by atoms with Gasteiger partial charge in [-0.3, -0.25) is 14.6 Å². The van der Waals surface area contributed by atoms with Gasteiger partial charge in [-0.15, -0.1) is 0 Å². The van der Waals surface area contributed by atoms with E-state index in [4.69, 9.17) is 4.74 Å². The van der Waals surface area contributed by atoms with Crippen LogP contribution in [0.5, 0.6) is 5.75 Å². The first-order valence-corrected chi connectivity index (χ1v) is 8.63. The molecule has 1 amide bonds. The summed E-state index contributed by atoms with van der Waals surface area (Å²) in [5, 5.41) is 3.02. The first-order valence-electron chi connectivity index (χ1n) is 8.63. The number of nitrogens with one attached hydrogen (secondary N) is 1. The zero-order valence-corrected chi connectivity index (χ0v) is 14.6. The lowest BCUT2D eigenvalue weighted by Crippen LogP contribution is -2.32. The minimum atomic E-state index is -0.216. The Morgan fingerprint density at radius 2 is 2.04 bits per heavy atom. The Morgan fingerprint density at radius 1 is 1.28 bits per heavy atom. The average molecular weight is 341 g/mol. The van der Waals surface area contributed by atoms with Crippen LogP contribution in [0.15, 0.2) is 35.4 Å². The lowest BCUT2D eigenvalue weighted by molar-refractivity contribution is 0.0934. The summed E-state index contributed by atoms with van der Waals surface area (Å²) in [7, 11) is 1.49. The molecule has 132 valence electrons. The summed E-state index contributed by atoms with van der Waals surface area (Å²) >= 11 is 0. The van der Waals surface area contributed by atoms with Gasteiger partial charge in [0.1, 0.15) is 11.3 Å². The molecule has 25 heavy (non-hydrogen) atoms. The van der Waals surface area contributed by atoms with Gasteiger partial charge in [0.25, 0.3) is 11.5 Å². The van der Waals surface area contributed by atoms with E-state index in [2.05, 4.69) is 10.3 Å². The summed E-state index contributed by atoms with van der Waals surface area (Å²) in [5.41, 5.74) is 2.13. The zero-order chi connectivity index (χ0) is 17.8. The van der Waals surface area contributed by atoms with Crippen molar-refractivity contribution in [3.63, 3.8) is 0 Å². The highest BCUT2D eigenvalue weighted by molar-refractivity contribution is 5.98. The number of hydrogen-bond acceptors (Lipinski definition) is 4. The van der Waals surface area contributed by atoms with E-state index in [1.807, 2.05) is 19.1 Å². The molecule has 2 aromatic heterocycles. The molecule has 1 N–H and O–H groups in total. The summed E-state index contributed by atoms with van der Waals surface area (Å²) in [6.07, 6.45) is 7.08. The van der Waals surface area contributed by atoms with Crippen LogP contribution in [0.2, 0.25) is 0 Å². The van der Waals surface area contributed by atoms with Gasteiger partial charge in [-0.1, -0.05) is 6.42 Å². The highest BCUT2D eigenvalue weighted by Gasteiger charge is 2.24. The molecule has 0 saturated carbocycles. The number of hydrogen-bond donors (Lipinski definition) is 1. The number of methoxy groups -OCH3 is 1. The summed E-state index contributed by atoms with van der Waals surface area (Å²) in [6, 6.07) is 5.00. The summed E-state index contributed by atoms with van der Waals surface area (Å²) < 4.78 is 7.08. The summed E-state index contributed by atoms with van der Waals surface area (Å²) in [5.74, 6) is 0.129. The van der Waals surface area contributed by atoms with E-state index in [-0.39, 0.29) is 17.5 Å². The number of carbonyl (C=O) groups excluding carboxylic acids is 1. The molecule has 0 bridgehead atoms. The van der Waals surface area contributed by atoms with Gasteiger partial charge in [-0.05, 0) is 43.9 Å². The van der Waals surface area contributed by atoms with E-state index in [9.17, 15) is 9.59 Å². The number of nitrogens with zero attached hydrogens (tertiary/aromatic N) is 2. The topological polar surface area (TPSA) is 73.2 Å². The quantitative estimate of drug-likeness (QED) is 0.927. The van der Waals surface area contributed by atoms with Gasteiger partial charge >= 0.3 is 0 Å². The zero-order valence-electron chi connectivity index (χ0n) is 14.6. The van der Waals surface area contributed by atoms with E-state index < -0.39 is 0 Å². The van der Waals surface area contributed by atoms with Gasteiger partial charge in [0.05, 0.1) is 13.2 Å². The van der Waals surface area contributed by atoms with Crippen molar-refractivity contribution < 1.29 is 9.53 Å². The Balaban J connectivity index is 1.97. The monoisotopic (exact) mass is 341 g/mol. The van der Waals surface area contributed by atoms with Crippen LogP contribution in [0.4, 0.5) is 0 Å². The van der Waals surface area contributed by atoms with E-state index in [1.54, 1.807) is 17.0 Å². The van der Waals surface area contributed by atoms with Gasteiger partial charge in [0.15, 0.2) is 0 Å². The maximum Gasteiger partial charge on any atom is 0.257 e. The van der Waals surface area contributed by atoms with Crippen LogP contribution < -0.4 is 15.6 Å². The maximum absolute atomic E-state index is 13.0. The molecule has 3 rings (SSSR count). The fourth-order valence-electron chi connectivity index (χ4n) is 3.32. The smallest absolute Gasteiger partial charge is 0.257 e. The lowest BCUT2D eigenvalue weighted by atomic mass is 10.0. The van der Waals surface area contributed by atoms with Gasteiger partial charge in [-0.2, -0.15) is 0 Å². The standard InChI is InChI=1S/C19H23N3O3/c1-13(14-7-9-20-10-8-14)21-19(24)18-15-6-4-3-5-11-22(15)17(23)12-16(18)25-2/h7-10,12-13H,3-6,11H2,1-2H3,(H,21,24). The van der Waals surface area contributed by atoms with Crippen LogP contribution in [-0.4, -0.2) is 22.6 Å². The van der Waals surface area contributed by atoms with E-state index >= 15 is 0 Å². The fraction of sp³-hybridized carbons (Fsp3) is 0.421. The number of pyridine rings is 2. The Bertz CT molecular complexity index is 815. The van der Waals surface area contributed by atoms with Crippen LogP contribution in [0.25, 0.3) is 0 Å². The van der Waals surface area contributed by atoms with Crippen molar-refractivity contribution in [3.05, 3.63) is 57.8 Å². The molecule has 6 nitrogen and oxygen atoms in total. The SMILES string of the molecule is COc1cc(=O)n2c(c1C(=O)NC(C)c1ccncc1)CCCCC2. The Morgan fingerprint density at radius 3 is 2.76 bits per heavy atom. The van der Waals surface area contributed by atoms with Crippen molar-refractivity contribution in [2.24, 2.45) is 0 Å². The van der Waals surface area contributed by atoms with E-state index in [0.29, 0.717) is 24.3 Å². The van der Waals surface area contributed by atoms with Crippen LogP contribution in [0, 0.1) is 0 Å². The third-order valence-corrected chi connectivity index (χ3v) is 4.68. The molecular weight excluding hydrogens is 318 g/mol. The van der Waals surface area contributed by atoms with E-state index in [1.165, 1.54) is 13.2 Å². The Labute approximate surface area is 146 Å². The molecule has 0 fully saturated rings.